The third-order valence-electron chi connectivity index (χ3n) is 2.83. The smallest absolute Gasteiger partial charge is 0.255 e. The van der Waals surface area contributed by atoms with E-state index in [0.29, 0.717) is 18.7 Å². The summed E-state index contributed by atoms with van der Waals surface area (Å²) in [6.07, 6.45) is 0. The largest absolute Gasteiger partial charge is 0.507 e. The van der Waals surface area contributed by atoms with E-state index in [4.69, 9.17) is 4.74 Å². The first-order valence-corrected chi connectivity index (χ1v) is 6.33. The Hall–Kier alpha value is -2.08. The van der Waals surface area contributed by atoms with Gasteiger partial charge in [-0.05, 0) is 25.5 Å². The summed E-state index contributed by atoms with van der Waals surface area (Å²) in [5.74, 6) is -0.861. The van der Waals surface area contributed by atoms with Crippen molar-refractivity contribution in [2.45, 2.75) is 19.9 Å². The van der Waals surface area contributed by atoms with E-state index in [0.717, 1.165) is 0 Å². The van der Waals surface area contributed by atoms with E-state index in [9.17, 15) is 14.7 Å². The Morgan fingerprint density at radius 3 is 2.75 bits per heavy atom. The molecule has 0 aromatic heterocycles. The molecule has 0 fully saturated rings. The van der Waals surface area contributed by atoms with Crippen LogP contribution in [0.1, 0.15) is 22.8 Å². The second-order valence-electron chi connectivity index (χ2n) is 4.45. The zero-order valence-electron chi connectivity index (χ0n) is 11.9. The number of phenols is 1. The van der Waals surface area contributed by atoms with Crippen molar-refractivity contribution in [2.24, 2.45) is 0 Å². The molecule has 0 spiro atoms. The number of amides is 2. The molecule has 1 rings (SSSR count). The lowest BCUT2D eigenvalue weighted by molar-refractivity contribution is -0.122. The molecule has 1 atom stereocenters. The maximum absolute atomic E-state index is 12.0. The number of benzene rings is 1. The van der Waals surface area contributed by atoms with Crippen molar-refractivity contribution in [1.82, 2.24) is 10.6 Å². The number of para-hydroxylation sites is 1. The molecule has 0 bridgehead atoms. The zero-order chi connectivity index (χ0) is 15.1. The number of ether oxygens (including phenoxy) is 1. The maximum atomic E-state index is 12.0. The summed E-state index contributed by atoms with van der Waals surface area (Å²) in [5, 5.41) is 15.0. The standard InChI is InChI=1S/C14H20N2O4/c1-9-5-4-6-11(12(9)17)14(19)16-10(2)13(18)15-7-8-20-3/h4-6,10,17H,7-8H2,1-3H3,(H,15,18)(H,16,19). The highest BCUT2D eigenvalue weighted by Crippen LogP contribution is 2.21. The van der Waals surface area contributed by atoms with Gasteiger partial charge in [-0.2, -0.15) is 0 Å². The molecule has 0 saturated carbocycles. The number of nitrogens with one attached hydrogen (secondary N) is 2. The van der Waals surface area contributed by atoms with E-state index in [1.54, 1.807) is 26.0 Å². The molecule has 1 aromatic carbocycles. The predicted octanol–water partition coefficient (Wildman–Crippen LogP) is 0.582. The third-order valence-corrected chi connectivity index (χ3v) is 2.83. The molecule has 110 valence electrons. The van der Waals surface area contributed by atoms with E-state index in [-0.39, 0.29) is 17.2 Å². The van der Waals surface area contributed by atoms with Crippen molar-refractivity contribution in [3.8, 4) is 5.75 Å². The molecule has 0 aliphatic carbocycles. The Kier molecular flexibility index (Phi) is 5.99. The van der Waals surface area contributed by atoms with E-state index >= 15 is 0 Å². The van der Waals surface area contributed by atoms with E-state index < -0.39 is 11.9 Å². The van der Waals surface area contributed by atoms with Gasteiger partial charge in [0.2, 0.25) is 5.91 Å². The highest BCUT2D eigenvalue weighted by atomic mass is 16.5. The molecule has 0 heterocycles. The number of methoxy groups -OCH3 is 1. The van der Waals surface area contributed by atoms with Crippen molar-refractivity contribution in [3.63, 3.8) is 0 Å². The van der Waals surface area contributed by atoms with Gasteiger partial charge in [0.05, 0.1) is 12.2 Å². The van der Waals surface area contributed by atoms with Crippen molar-refractivity contribution in [2.75, 3.05) is 20.3 Å². The molecule has 1 unspecified atom stereocenters. The average Bonchev–Trinajstić information content (AvgIpc) is 2.41. The molecule has 1 aromatic rings. The minimum Gasteiger partial charge on any atom is -0.507 e. The van der Waals surface area contributed by atoms with Crippen LogP contribution in [-0.4, -0.2) is 43.2 Å². The highest BCUT2D eigenvalue weighted by Gasteiger charge is 2.18. The fourth-order valence-electron chi connectivity index (χ4n) is 1.61. The van der Waals surface area contributed by atoms with Crippen LogP contribution >= 0.6 is 0 Å². The quantitative estimate of drug-likeness (QED) is 0.665. The minimum atomic E-state index is -0.695. The van der Waals surface area contributed by atoms with Crippen molar-refractivity contribution in [3.05, 3.63) is 29.3 Å². The summed E-state index contributed by atoms with van der Waals surface area (Å²) >= 11 is 0. The summed E-state index contributed by atoms with van der Waals surface area (Å²) < 4.78 is 4.82. The fourth-order valence-corrected chi connectivity index (χ4v) is 1.61. The maximum Gasteiger partial charge on any atom is 0.255 e. The molecular formula is C14H20N2O4. The van der Waals surface area contributed by atoms with Gasteiger partial charge in [0.25, 0.3) is 5.91 Å². The van der Waals surface area contributed by atoms with Gasteiger partial charge in [-0.15, -0.1) is 0 Å². The van der Waals surface area contributed by atoms with Gasteiger partial charge < -0.3 is 20.5 Å². The summed E-state index contributed by atoms with van der Waals surface area (Å²) in [4.78, 5) is 23.7. The second kappa shape index (κ2) is 7.49. The third kappa shape index (κ3) is 4.24. The van der Waals surface area contributed by atoms with Crippen LogP contribution in [0.3, 0.4) is 0 Å². The van der Waals surface area contributed by atoms with Crippen LogP contribution in [0.5, 0.6) is 5.75 Å². The SMILES string of the molecule is COCCNC(=O)C(C)NC(=O)c1cccc(C)c1O. The topological polar surface area (TPSA) is 87.7 Å². The molecule has 20 heavy (non-hydrogen) atoms. The van der Waals surface area contributed by atoms with E-state index in [1.165, 1.54) is 13.2 Å². The Labute approximate surface area is 118 Å². The summed E-state index contributed by atoms with van der Waals surface area (Å²) in [6.45, 7) is 4.07. The first-order chi connectivity index (χ1) is 9.47. The number of carbonyl (C=O) groups is 2. The zero-order valence-corrected chi connectivity index (χ0v) is 11.9. The number of hydrogen-bond donors (Lipinski definition) is 3. The van der Waals surface area contributed by atoms with Gasteiger partial charge in [0.15, 0.2) is 0 Å². The van der Waals surface area contributed by atoms with Crippen LogP contribution in [0.25, 0.3) is 0 Å². The number of carbonyl (C=O) groups excluding carboxylic acids is 2. The second-order valence-corrected chi connectivity index (χ2v) is 4.45. The molecule has 0 radical (unpaired) electrons. The van der Waals surface area contributed by atoms with E-state index in [1.807, 2.05) is 0 Å². The Bertz CT molecular complexity index is 488. The van der Waals surface area contributed by atoms with Gasteiger partial charge in [-0.25, -0.2) is 0 Å². The number of rotatable bonds is 6. The Balaban J connectivity index is 2.61. The first kappa shape index (κ1) is 16.0. The summed E-state index contributed by atoms with van der Waals surface area (Å²) in [5.41, 5.74) is 0.761. The monoisotopic (exact) mass is 280 g/mol. The molecule has 0 aliphatic rings. The van der Waals surface area contributed by atoms with Crippen LogP contribution in [0.15, 0.2) is 18.2 Å². The lowest BCUT2D eigenvalue weighted by atomic mass is 10.1. The lowest BCUT2D eigenvalue weighted by Gasteiger charge is -2.15. The van der Waals surface area contributed by atoms with Crippen LogP contribution in [0, 0.1) is 6.92 Å². The highest BCUT2D eigenvalue weighted by molar-refractivity contribution is 5.99. The summed E-state index contributed by atoms with van der Waals surface area (Å²) in [7, 11) is 1.54. The molecule has 0 aliphatic heterocycles. The lowest BCUT2D eigenvalue weighted by Crippen LogP contribution is -2.45. The van der Waals surface area contributed by atoms with E-state index in [2.05, 4.69) is 10.6 Å². The van der Waals surface area contributed by atoms with Crippen molar-refractivity contribution < 1.29 is 19.4 Å². The predicted molar refractivity (Wildman–Crippen MR) is 74.7 cm³/mol. The van der Waals surface area contributed by atoms with Gasteiger partial charge >= 0.3 is 0 Å². The van der Waals surface area contributed by atoms with Crippen LogP contribution in [0.4, 0.5) is 0 Å². The normalized spacial score (nSPS) is 11.8. The van der Waals surface area contributed by atoms with Crippen molar-refractivity contribution >= 4 is 11.8 Å². The molecule has 2 amide bonds. The average molecular weight is 280 g/mol. The van der Waals surface area contributed by atoms with Gasteiger partial charge in [0, 0.05) is 13.7 Å². The molecule has 3 N–H and O–H groups in total. The van der Waals surface area contributed by atoms with Crippen LogP contribution < -0.4 is 10.6 Å². The number of aromatic hydroxyl groups is 1. The molecule has 0 saturated heterocycles. The minimum absolute atomic E-state index is 0.0722. The Morgan fingerprint density at radius 1 is 1.40 bits per heavy atom. The van der Waals surface area contributed by atoms with Gasteiger partial charge in [-0.1, -0.05) is 12.1 Å². The fraction of sp³-hybridized carbons (Fsp3) is 0.429. The van der Waals surface area contributed by atoms with Crippen LogP contribution in [0.2, 0.25) is 0 Å². The molecule has 6 heteroatoms. The number of aryl methyl sites for hydroxylation is 1. The van der Waals surface area contributed by atoms with Gasteiger partial charge in [-0.3, -0.25) is 9.59 Å². The first-order valence-electron chi connectivity index (χ1n) is 6.33. The molecular weight excluding hydrogens is 260 g/mol. The summed E-state index contributed by atoms with van der Waals surface area (Å²) in [6, 6.07) is 4.19. The van der Waals surface area contributed by atoms with Crippen LogP contribution in [-0.2, 0) is 9.53 Å². The number of hydrogen-bond acceptors (Lipinski definition) is 4. The van der Waals surface area contributed by atoms with Crippen molar-refractivity contribution in [1.29, 1.82) is 0 Å². The number of phenolic OH excluding ortho intramolecular Hbond substituents is 1. The molecule has 6 nitrogen and oxygen atoms in total. The Morgan fingerprint density at radius 2 is 2.10 bits per heavy atom. The van der Waals surface area contributed by atoms with Gasteiger partial charge in [0.1, 0.15) is 11.8 Å².